The lowest BCUT2D eigenvalue weighted by atomic mass is 10.3. The Balaban J connectivity index is 3.36. The van der Waals surface area contributed by atoms with Crippen molar-refractivity contribution < 1.29 is 4.79 Å². The van der Waals surface area contributed by atoms with Gasteiger partial charge < -0.3 is 16.0 Å². The number of rotatable bonds is 8. The molecule has 0 bridgehead atoms. The third kappa shape index (κ3) is 8.01. The Hall–Kier alpha value is -0.610. The van der Waals surface area contributed by atoms with Crippen LogP contribution in [0.15, 0.2) is 0 Å². The van der Waals surface area contributed by atoms with E-state index in [1.54, 1.807) is 0 Å². The molecule has 0 saturated carbocycles. The van der Waals surface area contributed by atoms with Gasteiger partial charge in [0.25, 0.3) is 0 Å². The molecule has 84 valence electrons. The Bertz CT molecular complexity index is 150. The van der Waals surface area contributed by atoms with E-state index in [0.29, 0.717) is 19.5 Å². The summed E-state index contributed by atoms with van der Waals surface area (Å²) in [6, 6.07) is 0. The molecule has 0 aromatic rings. The lowest BCUT2D eigenvalue weighted by molar-refractivity contribution is -0.121. The summed E-state index contributed by atoms with van der Waals surface area (Å²) < 4.78 is 0. The van der Waals surface area contributed by atoms with Crippen molar-refractivity contribution in [2.24, 2.45) is 5.73 Å². The molecule has 0 rings (SSSR count). The maximum absolute atomic E-state index is 11.2. The second-order valence-corrected chi connectivity index (χ2v) is 3.55. The molecule has 0 fully saturated rings. The van der Waals surface area contributed by atoms with Crippen LogP contribution >= 0.6 is 0 Å². The van der Waals surface area contributed by atoms with Crippen molar-refractivity contribution in [3.63, 3.8) is 0 Å². The molecule has 0 aromatic heterocycles. The van der Waals surface area contributed by atoms with Crippen LogP contribution in [0.1, 0.15) is 26.2 Å². The number of nitrogens with one attached hydrogen (secondary N) is 1. The van der Waals surface area contributed by atoms with Crippen LogP contribution in [0, 0.1) is 0 Å². The molecule has 0 aliphatic heterocycles. The van der Waals surface area contributed by atoms with Crippen molar-refractivity contribution in [1.29, 1.82) is 0 Å². The average Bonchev–Trinajstić information content (AvgIpc) is 2.20. The van der Waals surface area contributed by atoms with Crippen LogP contribution in [0.5, 0.6) is 0 Å². The van der Waals surface area contributed by atoms with Crippen LogP contribution in [0.25, 0.3) is 0 Å². The van der Waals surface area contributed by atoms with E-state index < -0.39 is 0 Å². The first-order valence-electron chi connectivity index (χ1n) is 5.36. The summed E-state index contributed by atoms with van der Waals surface area (Å²) in [6.45, 7) is 5.16. The standard InChI is InChI=1S/C10H23N3O/c1-3-4-8-13(2)9-5-10(14)12-7-6-11/h3-9,11H2,1-2H3,(H,12,14). The van der Waals surface area contributed by atoms with Gasteiger partial charge in [-0.25, -0.2) is 0 Å². The van der Waals surface area contributed by atoms with E-state index in [2.05, 4.69) is 17.1 Å². The van der Waals surface area contributed by atoms with Gasteiger partial charge in [-0.3, -0.25) is 4.79 Å². The number of hydrogen-bond acceptors (Lipinski definition) is 3. The zero-order valence-corrected chi connectivity index (χ0v) is 9.38. The number of unbranched alkanes of at least 4 members (excludes halogenated alkanes) is 1. The van der Waals surface area contributed by atoms with Gasteiger partial charge in [-0.15, -0.1) is 0 Å². The zero-order chi connectivity index (χ0) is 10.8. The van der Waals surface area contributed by atoms with Crippen molar-refractivity contribution in [2.45, 2.75) is 26.2 Å². The number of hydrogen-bond donors (Lipinski definition) is 2. The molecular weight excluding hydrogens is 178 g/mol. The number of nitrogens with zero attached hydrogens (tertiary/aromatic N) is 1. The van der Waals surface area contributed by atoms with Crippen molar-refractivity contribution in [3.05, 3.63) is 0 Å². The highest BCUT2D eigenvalue weighted by molar-refractivity contribution is 5.76. The van der Waals surface area contributed by atoms with Crippen molar-refractivity contribution in [2.75, 3.05) is 33.2 Å². The van der Waals surface area contributed by atoms with E-state index in [4.69, 9.17) is 5.73 Å². The Morgan fingerprint density at radius 1 is 1.43 bits per heavy atom. The van der Waals surface area contributed by atoms with Gasteiger partial charge in [-0.2, -0.15) is 0 Å². The molecule has 0 aliphatic rings. The van der Waals surface area contributed by atoms with Gasteiger partial charge >= 0.3 is 0 Å². The van der Waals surface area contributed by atoms with Crippen molar-refractivity contribution in [3.8, 4) is 0 Å². The van der Waals surface area contributed by atoms with Gasteiger partial charge in [0, 0.05) is 26.1 Å². The van der Waals surface area contributed by atoms with Crippen LogP contribution in [0.4, 0.5) is 0 Å². The molecule has 0 aromatic carbocycles. The van der Waals surface area contributed by atoms with Crippen LogP contribution < -0.4 is 11.1 Å². The molecule has 0 radical (unpaired) electrons. The number of nitrogens with two attached hydrogens (primary N) is 1. The predicted molar refractivity (Wildman–Crippen MR) is 59.1 cm³/mol. The highest BCUT2D eigenvalue weighted by atomic mass is 16.1. The second-order valence-electron chi connectivity index (χ2n) is 3.55. The van der Waals surface area contributed by atoms with E-state index in [-0.39, 0.29) is 5.91 Å². The van der Waals surface area contributed by atoms with Gasteiger partial charge in [-0.05, 0) is 20.0 Å². The molecule has 0 unspecified atom stereocenters. The fourth-order valence-electron chi connectivity index (χ4n) is 1.13. The van der Waals surface area contributed by atoms with E-state index in [9.17, 15) is 4.79 Å². The molecule has 0 saturated heterocycles. The summed E-state index contributed by atoms with van der Waals surface area (Å²) in [5.74, 6) is 0.0961. The molecule has 1 amide bonds. The molecule has 0 aliphatic carbocycles. The SMILES string of the molecule is CCCCN(C)CCC(=O)NCCN. The third-order valence-electron chi connectivity index (χ3n) is 2.08. The fraction of sp³-hybridized carbons (Fsp3) is 0.900. The molecule has 14 heavy (non-hydrogen) atoms. The lowest BCUT2D eigenvalue weighted by Crippen LogP contribution is -2.32. The molecule has 4 heteroatoms. The third-order valence-corrected chi connectivity index (χ3v) is 2.08. The average molecular weight is 201 g/mol. The Kier molecular flexibility index (Phi) is 8.57. The smallest absolute Gasteiger partial charge is 0.221 e. The second kappa shape index (κ2) is 8.97. The molecule has 0 spiro atoms. The van der Waals surface area contributed by atoms with Crippen LogP contribution in [-0.2, 0) is 4.79 Å². The van der Waals surface area contributed by atoms with Gasteiger partial charge in [0.05, 0.1) is 0 Å². The zero-order valence-electron chi connectivity index (χ0n) is 9.38. The molecule has 0 heterocycles. The van der Waals surface area contributed by atoms with E-state index in [1.165, 1.54) is 12.8 Å². The molecule has 0 atom stereocenters. The van der Waals surface area contributed by atoms with Crippen LogP contribution in [0.3, 0.4) is 0 Å². The number of carbonyl (C=O) groups excluding carboxylic acids is 1. The predicted octanol–water partition coefficient (Wildman–Crippen LogP) is 0.183. The Morgan fingerprint density at radius 3 is 2.71 bits per heavy atom. The van der Waals surface area contributed by atoms with Crippen LogP contribution in [0.2, 0.25) is 0 Å². The normalized spacial score (nSPS) is 10.6. The maximum atomic E-state index is 11.2. The first-order chi connectivity index (χ1) is 6.70. The largest absolute Gasteiger partial charge is 0.355 e. The molecule has 3 N–H and O–H groups in total. The van der Waals surface area contributed by atoms with E-state index in [0.717, 1.165) is 13.1 Å². The summed E-state index contributed by atoms with van der Waals surface area (Å²) in [7, 11) is 2.05. The van der Waals surface area contributed by atoms with Crippen molar-refractivity contribution in [1.82, 2.24) is 10.2 Å². The van der Waals surface area contributed by atoms with E-state index in [1.807, 2.05) is 7.05 Å². The molecular formula is C10H23N3O. The lowest BCUT2D eigenvalue weighted by Gasteiger charge is -2.15. The summed E-state index contributed by atoms with van der Waals surface area (Å²) in [5.41, 5.74) is 5.27. The van der Waals surface area contributed by atoms with Crippen molar-refractivity contribution >= 4 is 5.91 Å². The van der Waals surface area contributed by atoms with Gasteiger partial charge in [0.15, 0.2) is 0 Å². The molecule has 4 nitrogen and oxygen atoms in total. The highest BCUT2D eigenvalue weighted by Crippen LogP contribution is 1.93. The van der Waals surface area contributed by atoms with E-state index >= 15 is 0 Å². The Labute approximate surface area is 86.8 Å². The van der Waals surface area contributed by atoms with Gasteiger partial charge in [0.1, 0.15) is 0 Å². The Morgan fingerprint density at radius 2 is 2.14 bits per heavy atom. The van der Waals surface area contributed by atoms with Crippen LogP contribution in [-0.4, -0.2) is 44.0 Å². The highest BCUT2D eigenvalue weighted by Gasteiger charge is 2.02. The first kappa shape index (κ1) is 13.4. The number of amides is 1. The first-order valence-corrected chi connectivity index (χ1v) is 5.36. The fourth-order valence-corrected chi connectivity index (χ4v) is 1.13. The minimum Gasteiger partial charge on any atom is -0.355 e. The number of carbonyl (C=O) groups is 1. The van der Waals surface area contributed by atoms with Gasteiger partial charge in [0.2, 0.25) is 5.91 Å². The maximum Gasteiger partial charge on any atom is 0.221 e. The quantitative estimate of drug-likeness (QED) is 0.589. The summed E-state index contributed by atoms with van der Waals surface area (Å²) in [5, 5.41) is 2.75. The summed E-state index contributed by atoms with van der Waals surface area (Å²) in [4.78, 5) is 13.4. The topological polar surface area (TPSA) is 58.4 Å². The minimum absolute atomic E-state index is 0.0961. The summed E-state index contributed by atoms with van der Waals surface area (Å²) >= 11 is 0. The summed E-state index contributed by atoms with van der Waals surface area (Å²) in [6.07, 6.45) is 2.96. The minimum atomic E-state index is 0.0961. The van der Waals surface area contributed by atoms with Gasteiger partial charge in [-0.1, -0.05) is 13.3 Å². The monoisotopic (exact) mass is 201 g/mol.